The Hall–Kier alpha value is -3.91. The number of amides is 2. The predicted molar refractivity (Wildman–Crippen MR) is 144 cm³/mol. The van der Waals surface area contributed by atoms with E-state index < -0.39 is 11.3 Å². The summed E-state index contributed by atoms with van der Waals surface area (Å²) in [5.41, 5.74) is 3.29. The van der Waals surface area contributed by atoms with Crippen LogP contribution >= 0.6 is 11.8 Å². The predicted octanol–water partition coefficient (Wildman–Crippen LogP) is 5.05. The minimum absolute atomic E-state index is 0.125. The number of carbonyl (C=O) groups excluding carboxylic acids is 2. The lowest BCUT2D eigenvalue weighted by atomic mass is 10.1. The van der Waals surface area contributed by atoms with Crippen molar-refractivity contribution in [3.63, 3.8) is 0 Å². The normalized spacial score (nSPS) is 17.0. The van der Waals surface area contributed by atoms with E-state index in [4.69, 9.17) is 14.7 Å². The molecular weight excluding hydrogens is 472 g/mol. The van der Waals surface area contributed by atoms with Gasteiger partial charge in [0.1, 0.15) is 17.6 Å². The average molecular weight is 499 g/mol. The van der Waals surface area contributed by atoms with Crippen LogP contribution in [0.5, 0.6) is 5.75 Å². The summed E-state index contributed by atoms with van der Waals surface area (Å²) < 4.78 is 5.19. The minimum Gasteiger partial charge on any atom is -0.497 e. The summed E-state index contributed by atoms with van der Waals surface area (Å²) in [6.45, 7) is 1.95. The van der Waals surface area contributed by atoms with E-state index in [0.29, 0.717) is 35.3 Å². The summed E-state index contributed by atoms with van der Waals surface area (Å²) in [6.07, 6.45) is 1.07. The summed E-state index contributed by atoms with van der Waals surface area (Å²) in [5, 5.41) is 2.99. The standard InChI is InChI=1S/C28H26N4O3S/c1-3-24(26(33)29-19-13-15-20(35-2)16-14-19)36-28-31-22-12-8-7-11-21(22)25-30-23(27(34)32(25)28)17-18-9-5-4-6-10-18/h4-16,23-24H,3,17H2,1-2H3,(H,29,33)/t23-,24-/m0/s1. The van der Waals surface area contributed by atoms with Crippen molar-refractivity contribution in [2.75, 3.05) is 12.4 Å². The number of para-hydroxylation sites is 1. The molecule has 8 heteroatoms. The highest BCUT2D eigenvalue weighted by Crippen LogP contribution is 2.36. The Labute approximate surface area is 214 Å². The van der Waals surface area contributed by atoms with Crippen LogP contribution in [0, 0.1) is 0 Å². The number of thioether (sulfide) groups is 1. The van der Waals surface area contributed by atoms with Gasteiger partial charge in [-0.1, -0.05) is 61.2 Å². The van der Waals surface area contributed by atoms with Gasteiger partial charge in [-0.15, -0.1) is 0 Å². The van der Waals surface area contributed by atoms with Crippen molar-refractivity contribution in [3.05, 3.63) is 90.0 Å². The molecular formula is C28H26N4O3S. The lowest BCUT2D eigenvalue weighted by Crippen LogP contribution is -2.42. The van der Waals surface area contributed by atoms with Gasteiger partial charge in [0, 0.05) is 17.7 Å². The first-order valence-electron chi connectivity index (χ1n) is 11.8. The third-order valence-electron chi connectivity index (χ3n) is 6.09. The number of benzene rings is 3. The van der Waals surface area contributed by atoms with E-state index >= 15 is 0 Å². The molecule has 1 N–H and O–H groups in total. The highest BCUT2D eigenvalue weighted by molar-refractivity contribution is 8.15. The van der Waals surface area contributed by atoms with E-state index in [1.54, 1.807) is 36.3 Å². The molecule has 0 aliphatic carbocycles. The van der Waals surface area contributed by atoms with Gasteiger partial charge in [-0.2, -0.15) is 0 Å². The Bertz CT molecular complexity index is 1340. The second-order valence-corrected chi connectivity index (χ2v) is 9.65. The van der Waals surface area contributed by atoms with Gasteiger partial charge in [0.15, 0.2) is 5.17 Å². The van der Waals surface area contributed by atoms with Crippen LogP contribution in [0.25, 0.3) is 0 Å². The molecule has 0 bridgehead atoms. The molecule has 0 unspecified atom stereocenters. The summed E-state index contributed by atoms with van der Waals surface area (Å²) in [4.78, 5) is 37.9. The number of ether oxygens (including phenoxy) is 1. The monoisotopic (exact) mass is 498 g/mol. The van der Waals surface area contributed by atoms with Crippen LogP contribution < -0.4 is 10.1 Å². The fourth-order valence-electron chi connectivity index (χ4n) is 4.20. The molecule has 182 valence electrons. The SMILES string of the molecule is CC[C@H](SC1=Nc2ccccc2C2=N[C@@H](Cc3ccccc3)C(=O)N12)C(=O)Nc1ccc(OC)cc1. The molecule has 2 aliphatic rings. The second kappa shape index (κ2) is 10.4. The fourth-order valence-corrected chi connectivity index (χ4v) is 5.22. The zero-order valence-electron chi connectivity index (χ0n) is 20.0. The zero-order chi connectivity index (χ0) is 25.1. The number of amidine groups is 2. The van der Waals surface area contributed by atoms with Crippen molar-refractivity contribution in [1.29, 1.82) is 0 Å². The molecule has 7 nitrogen and oxygen atoms in total. The van der Waals surface area contributed by atoms with Crippen LogP contribution in [0.1, 0.15) is 24.5 Å². The van der Waals surface area contributed by atoms with Gasteiger partial charge in [0.05, 0.1) is 18.0 Å². The number of carbonyl (C=O) groups is 2. The number of aliphatic imine (C=N–C) groups is 2. The maximum Gasteiger partial charge on any atom is 0.259 e. The maximum absolute atomic E-state index is 13.6. The van der Waals surface area contributed by atoms with Crippen molar-refractivity contribution in [1.82, 2.24) is 4.90 Å². The van der Waals surface area contributed by atoms with E-state index in [1.165, 1.54) is 11.8 Å². The molecule has 2 atom stereocenters. The molecule has 0 saturated carbocycles. The number of hydrogen-bond donors (Lipinski definition) is 1. The molecule has 0 saturated heterocycles. The molecule has 0 aromatic heterocycles. The third-order valence-corrected chi connectivity index (χ3v) is 7.40. The maximum atomic E-state index is 13.6. The largest absolute Gasteiger partial charge is 0.497 e. The Kier molecular flexibility index (Phi) is 6.86. The molecule has 2 heterocycles. The molecule has 3 aromatic carbocycles. The van der Waals surface area contributed by atoms with E-state index in [-0.39, 0.29) is 11.8 Å². The Morgan fingerprint density at radius 2 is 1.78 bits per heavy atom. The van der Waals surface area contributed by atoms with E-state index in [1.807, 2.05) is 61.5 Å². The van der Waals surface area contributed by atoms with Crippen LogP contribution in [-0.4, -0.2) is 46.1 Å². The van der Waals surface area contributed by atoms with Gasteiger partial charge >= 0.3 is 0 Å². The summed E-state index contributed by atoms with van der Waals surface area (Å²) in [6, 6.07) is 24.2. The van der Waals surface area contributed by atoms with E-state index in [0.717, 1.165) is 16.8 Å². The third kappa shape index (κ3) is 4.77. The zero-order valence-corrected chi connectivity index (χ0v) is 20.9. The molecule has 0 spiro atoms. The van der Waals surface area contributed by atoms with Crippen LogP contribution in [0.4, 0.5) is 11.4 Å². The lowest BCUT2D eigenvalue weighted by molar-refractivity contribution is -0.124. The molecule has 2 aliphatic heterocycles. The molecule has 5 rings (SSSR count). The number of nitrogens with one attached hydrogen (secondary N) is 1. The van der Waals surface area contributed by atoms with Crippen molar-refractivity contribution >= 4 is 46.0 Å². The van der Waals surface area contributed by atoms with Gasteiger partial charge < -0.3 is 10.1 Å². The van der Waals surface area contributed by atoms with Crippen molar-refractivity contribution < 1.29 is 14.3 Å². The van der Waals surface area contributed by atoms with Gasteiger partial charge in [0.2, 0.25) is 5.91 Å². The smallest absolute Gasteiger partial charge is 0.259 e. The summed E-state index contributed by atoms with van der Waals surface area (Å²) in [7, 11) is 1.60. The first-order valence-corrected chi connectivity index (χ1v) is 12.7. The van der Waals surface area contributed by atoms with E-state index in [2.05, 4.69) is 5.32 Å². The Morgan fingerprint density at radius 3 is 2.50 bits per heavy atom. The molecule has 3 aromatic rings. The van der Waals surface area contributed by atoms with Crippen LogP contribution in [0.2, 0.25) is 0 Å². The Balaban J connectivity index is 1.40. The topological polar surface area (TPSA) is 83.4 Å². The second-order valence-electron chi connectivity index (χ2n) is 8.48. The molecule has 2 amide bonds. The highest BCUT2D eigenvalue weighted by atomic mass is 32.2. The summed E-state index contributed by atoms with van der Waals surface area (Å²) in [5.74, 6) is 1.04. The average Bonchev–Trinajstić information content (AvgIpc) is 3.24. The first kappa shape index (κ1) is 23.8. The van der Waals surface area contributed by atoms with Crippen molar-refractivity contribution in [2.24, 2.45) is 9.98 Å². The lowest BCUT2D eigenvalue weighted by Gasteiger charge is -2.27. The number of anilines is 1. The van der Waals surface area contributed by atoms with Crippen LogP contribution in [-0.2, 0) is 16.0 Å². The minimum atomic E-state index is -0.535. The van der Waals surface area contributed by atoms with E-state index in [9.17, 15) is 9.59 Å². The van der Waals surface area contributed by atoms with Gasteiger partial charge in [-0.05, 0) is 48.4 Å². The Morgan fingerprint density at radius 1 is 1.06 bits per heavy atom. The quantitative estimate of drug-likeness (QED) is 0.494. The first-order chi connectivity index (χ1) is 17.6. The molecule has 36 heavy (non-hydrogen) atoms. The molecule has 0 radical (unpaired) electrons. The highest BCUT2D eigenvalue weighted by Gasteiger charge is 2.42. The van der Waals surface area contributed by atoms with Gasteiger partial charge in [0.25, 0.3) is 5.91 Å². The summed E-state index contributed by atoms with van der Waals surface area (Å²) >= 11 is 1.29. The fraction of sp³-hybridized carbons (Fsp3) is 0.214. The van der Waals surface area contributed by atoms with Crippen LogP contribution in [0.15, 0.2) is 88.8 Å². The van der Waals surface area contributed by atoms with Crippen LogP contribution in [0.3, 0.4) is 0 Å². The molecule has 0 fully saturated rings. The number of rotatable bonds is 7. The van der Waals surface area contributed by atoms with Crippen molar-refractivity contribution in [3.8, 4) is 5.75 Å². The number of methoxy groups -OCH3 is 1. The van der Waals surface area contributed by atoms with Gasteiger partial charge in [-0.25, -0.2) is 9.89 Å². The number of hydrogen-bond acceptors (Lipinski definition) is 6. The van der Waals surface area contributed by atoms with Gasteiger partial charge in [-0.3, -0.25) is 14.6 Å². The van der Waals surface area contributed by atoms with Crippen molar-refractivity contribution in [2.45, 2.75) is 31.1 Å². The number of nitrogens with zero attached hydrogens (tertiary/aromatic N) is 3. The number of fused-ring (bicyclic) bond motifs is 3.